The quantitative estimate of drug-likeness (QED) is 0.434. The van der Waals surface area contributed by atoms with Crippen molar-refractivity contribution in [1.29, 1.82) is 0 Å². The molecular weight excluding hydrogens is 434 g/mol. The van der Waals surface area contributed by atoms with Gasteiger partial charge in [-0.05, 0) is 55.0 Å². The summed E-state index contributed by atoms with van der Waals surface area (Å²) in [4.78, 5) is 16.5. The number of hydrogen-bond acceptors (Lipinski definition) is 6. The molecule has 0 aliphatic carbocycles. The van der Waals surface area contributed by atoms with Crippen molar-refractivity contribution in [3.63, 3.8) is 0 Å². The molecule has 0 radical (unpaired) electrons. The van der Waals surface area contributed by atoms with Crippen molar-refractivity contribution in [2.24, 2.45) is 0 Å². The lowest BCUT2D eigenvalue weighted by molar-refractivity contribution is 0.102. The van der Waals surface area contributed by atoms with Gasteiger partial charge in [-0.2, -0.15) is 0 Å². The first-order valence-corrected chi connectivity index (χ1v) is 9.56. The maximum absolute atomic E-state index is 12.5. The molecule has 2 aromatic heterocycles. The number of carbonyl (C=O) groups is 1. The van der Waals surface area contributed by atoms with Gasteiger partial charge in [0.1, 0.15) is 0 Å². The molecule has 0 bridgehead atoms. The Hall–Kier alpha value is -3.52. The first kappa shape index (κ1) is 18.8. The van der Waals surface area contributed by atoms with Crippen molar-refractivity contribution in [3.05, 3.63) is 82.6 Å². The van der Waals surface area contributed by atoms with E-state index in [-0.39, 0.29) is 11.9 Å². The van der Waals surface area contributed by atoms with Crippen LogP contribution in [0.2, 0.25) is 0 Å². The summed E-state index contributed by atoms with van der Waals surface area (Å²) in [5.41, 5.74) is 3.66. The highest BCUT2D eigenvalue weighted by Crippen LogP contribution is 2.26. The number of anilines is 3. The minimum Gasteiger partial charge on any atom is -0.403 e. The molecule has 0 aliphatic heterocycles. The summed E-state index contributed by atoms with van der Waals surface area (Å²) in [5.74, 6) is 0.176. The molecule has 2 aromatic carbocycles. The molecule has 8 heteroatoms. The van der Waals surface area contributed by atoms with Crippen molar-refractivity contribution in [1.82, 2.24) is 15.2 Å². The molecule has 2 N–H and O–H groups in total. The standard InChI is InChI=1S/C21H16BrN5O2/c1-13-7-8-17(24-19(28)14-4-2-6-16(22)10-14)11-18(13)25-21-27-26-20(29-21)15-5-3-9-23-12-15/h2-12H,1H3,(H,24,28)(H,25,27). The third kappa shape index (κ3) is 4.49. The maximum atomic E-state index is 12.5. The SMILES string of the molecule is Cc1ccc(NC(=O)c2cccc(Br)c2)cc1Nc1nnc(-c2cccnc2)o1. The van der Waals surface area contributed by atoms with Gasteiger partial charge in [-0.15, -0.1) is 5.10 Å². The van der Waals surface area contributed by atoms with Crippen molar-refractivity contribution < 1.29 is 9.21 Å². The van der Waals surface area contributed by atoms with Crippen LogP contribution in [-0.2, 0) is 0 Å². The van der Waals surface area contributed by atoms with E-state index in [9.17, 15) is 4.79 Å². The predicted molar refractivity (Wildman–Crippen MR) is 114 cm³/mol. The van der Waals surface area contributed by atoms with Gasteiger partial charge in [-0.3, -0.25) is 9.78 Å². The second-order valence-corrected chi connectivity index (χ2v) is 7.19. The molecule has 144 valence electrons. The Bertz CT molecular complexity index is 1160. The average Bonchev–Trinajstić information content (AvgIpc) is 3.20. The minimum atomic E-state index is -0.197. The van der Waals surface area contributed by atoms with Crippen LogP contribution < -0.4 is 10.6 Å². The van der Waals surface area contributed by atoms with E-state index in [4.69, 9.17) is 4.42 Å². The smallest absolute Gasteiger partial charge is 0.320 e. The number of aryl methyl sites for hydroxylation is 1. The van der Waals surface area contributed by atoms with Crippen LogP contribution in [0.5, 0.6) is 0 Å². The molecule has 4 aromatic rings. The zero-order valence-electron chi connectivity index (χ0n) is 15.4. The summed E-state index contributed by atoms with van der Waals surface area (Å²) >= 11 is 3.38. The zero-order valence-corrected chi connectivity index (χ0v) is 17.0. The first-order chi connectivity index (χ1) is 14.1. The highest BCUT2D eigenvalue weighted by Gasteiger charge is 2.11. The molecule has 1 amide bonds. The fourth-order valence-electron chi connectivity index (χ4n) is 2.66. The molecule has 29 heavy (non-hydrogen) atoms. The molecule has 0 saturated heterocycles. The van der Waals surface area contributed by atoms with Crippen LogP contribution in [0.25, 0.3) is 11.5 Å². The van der Waals surface area contributed by atoms with Gasteiger partial charge in [0.05, 0.1) is 5.56 Å². The van der Waals surface area contributed by atoms with Gasteiger partial charge >= 0.3 is 6.01 Å². The summed E-state index contributed by atoms with van der Waals surface area (Å²) in [6, 6.07) is 16.7. The Morgan fingerprint density at radius 2 is 1.97 bits per heavy atom. The van der Waals surface area contributed by atoms with Gasteiger partial charge in [0.25, 0.3) is 11.8 Å². The maximum Gasteiger partial charge on any atom is 0.320 e. The highest BCUT2D eigenvalue weighted by molar-refractivity contribution is 9.10. The van der Waals surface area contributed by atoms with E-state index < -0.39 is 0 Å². The van der Waals surface area contributed by atoms with Crippen LogP contribution in [-0.4, -0.2) is 21.1 Å². The number of benzene rings is 2. The van der Waals surface area contributed by atoms with Gasteiger partial charge in [-0.1, -0.05) is 33.2 Å². The van der Waals surface area contributed by atoms with Gasteiger partial charge < -0.3 is 15.1 Å². The van der Waals surface area contributed by atoms with E-state index in [1.165, 1.54) is 0 Å². The molecule has 0 atom stereocenters. The normalized spacial score (nSPS) is 10.6. The highest BCUT2D eigenvalue weighted by atomic mass is 79.9. The lowest BCUT2D eigenvalue weighted by atomic mass is 10.1. The third-order valence-electron chi connectivity index (χ3n) is 4.16. The van der Waals surface area contributed by atoms with E-state index in [0.717, 1.165) is 21.3 Å². The van der Waals surface area contributed by atoms with Crippen LogP contribution in [0.15, 0.2) is 75.9 Å². The first-order valence-electron chi connectivity index (χ1n) is 8.77. The molecule has 2 heterocycles. The van der Waals surface area contributed by atoms with E-state index in [1.54, 1.807) is 30.6 Å². The molecule has 0 saturated carbocycles. The van der Waals surface area contributed by atoms with E-state index in [2.05, 4.69) is 41.7 Å². The lowest BCUT2D eigenvalue weighted by Gasteiger charge is -2.10. The Kier molecular flexibility index (Phi) is 5.35. The van der Waals surface area contributed by atoms with Gasteiger partial charge in [0.15, 0.2) is 0 Å². The summed E-state index contributed by atoms with van der Waals surface area (Å²) in [7, 11) is 0. The van der Waals surface area contributed by atoms with Crippen LogP contribution in [0.3, 0.4) is 0 Å². The number of nitrogens with one attached hydrogen (secondary N) is 2. The van der Waals surface area contributed by atoms with E-state index >= 15 is 0 Å². The number of rotatable bonds is 5. The van der Waals surface area contributed by atoms with Crippen LogP contribution in [0.1, 0.15) is 15.9 Å². The Morgan fingerprint density at radius 1 is 1.07 bits per heavy atom. The molecule has 7 nitrogen and oxygen atoms in total. The number of amides is 1. The zero-order chi connectivity index (χ0) is 20.2. The van der Waals surface area contributed by atoms with Crippen LogP contribution in [0, 0.1) is 6.92 Å². The van der Waals surface area contributed by atoms with Gasteiger partial charge in [-0.25, -0.2) is 0 Å². The molecule has 4 rings (SSSR count). The summed E-state index contributed by atoms with van der Waals surface area (Å²) in [6.45, 7) is 1.95. The second kappa shape index (κ2) is 8.24. The average molecular weight is 450 g/mol. The fourth-order valence-corrected chi connectivity index (χ4v) is 3.06. The summed E-state index contributed by atoms with van der Waals surface area (Å²) < 4.78 is 6.51. The molecule has 0 unspecified atom stereocenters. The Balaban J connectivity index is 1.52. The number of pyridine rings is 1. The van der Waals surface area contributed by atoms with Crippen molar-refractivity contribution >= 4 is 39.2 Å². The topological polar surface area (TPSA) is 92.9 Å². The second-order valence-electron chi connectivity index (χ2n) is 6.27. The minimum absolute atomic E-state index is 0.197. The molecule has 0 fully saturated rings. The van der Waals surface area contributed by atoms with E-state index in [1.807, 2.05) is 43.3 Å². The summed E-state index contributed by atoms with van der Waals surface area (Å²) in [6.07, 6.45) is 3.33. The van der Waals surface area contributed by atoms with Crippen molar-refractivity contribution in [2.45, 2.75) is 6.92 Å². The van der Waals surface area contributed by atoms with Crippen molar-refractivity contribution in [3.8, 4) is 11.5 Å². The van der Waals surface area contributed by atoms with Crippen LogP contribution in [0.4, 0.5) is 17.4 Å². The van der Waals surface area contributed by atoms with Gasteiger partial charge in [0.2, 0.25) is 0 Å². The number of hydrogen-bond donors (Lipinski definition) is 2. The summed E-state index contributed by atoms with van der Waals surface area (Å²) in [5, 5.41) is 14.1. The molecular formula is C21H16BrN5O2. The number of halogens is 1. The van der Waals surface area contributed by atoms with Gasteiger partial charge in [0, 0.05) is 33.8 Å². The van der Waals surface area contributed by atoms with E-state index in [0.29, 0.717) is 17.1 Å². The van der Waals surface area contributed by atoms with Crippen molar-refractivity contribution in [2.75, 3.05) is 10.6 Å². The number of carbonyl (C=O) groups excluding carboxylic acids is 1. The number of aromatic nitrogens is 3. The Morgan fingerprint density at radius 3 is 2.76 bits per heavy atom. The lowest BCUT2D eigenvalue weighted by Crippen LogP contribution is -2.12. The predicted octanol–water partition coefficient (Wildman–Crippen LogP) is 5.20. The largest absolute Gasteiger partial charge is 0.403 e. The molecule has 0 aliphatic rings. The monoisotopic (exact) mass is 449 g/mol. The molecule has 0 spiro atoms. The number of nitrogens with zero attached hydrogens (tertiary/aromatic N) is 3. The van der Waals surface area contributed by atoms with Crippen LogP contribution >= 0.6 is 15.9 Å². The fraction of sp³-hybridized carbons (Fsp3) is 0.0476. The third-order valence-corrected chi connectivity index (χ3v) is 4.65. The Labute approximate surface area is 175 Å².